The number of nitrogens with one attached hydrogen (secondary N) is 2. The highest BCUT2D eigenvalue weighted by molar-refractivity contribution is 7.95. The zero-order valence-electron chi connectivity index (χ0n) is 12.5. The summed E-state index contributed by atoms with van der Waals surface area (Å²) in [5, 5.41) is 1.42. The Morgan fingerprint density at radius 2 is 2.04 bits per heavy atom. The molecule has 122 valence electrons. The minimum Gasteiger partial charge on any atom is -0.464 e. The third-order valence-corrected chi connectivity index (χ3v) is 4.27. The third-order valence-electron chi connectivity index (χ3n) is 2.93. The summed E-state index contributed by atoms with van der Waals surface area (Å²) in [7, 11) is -2.60. The van der Waals surface area contributed by atoms with Gasteiger partial charge in [-0.2, -0.15) is 0 Å². The Morgan fingerprint density at radius 1 is 1.35 bits per heavy atom. The standard InChI is InChI=1S/C15H15ClN2O4S/c1-10-9-13(14(17-10)15(19)22-2)18-23(20,21)8-7-11-5-3-4-6-12(11)16/h3-9,17-18H,1-2H3. The predicted octanol–water partition coefficient (Wildman–Crippen LogP) is 3.18. The van der Waals surface area contributed by atoms with Gasteiger partial charge in [0.1, 0.15) is 5.69 Å². The normalized spacial score (nSPS) is 11.6. The second-order valence-corrected chi connectivity index (χ2v) is 6.68. The molecular weight excluding hydrogens is 340 g/mol. The summed E-state index contributed by atoms with van der Waals surface area (Å²) in [6, 6.07) is 8.35. The molecule has 0 saturated heterocycles. The quantitative estimate of drug-likeness (QED) is 0.807. The van der Waals surface area contributed by atoms with Crippen LogP contribution >= 0.6 is 11.6 Å². The van der Waals surface area contributed by atoms with Crippen LogP contribution in [0.4, 0.5) is 5.69 Å². The van der Waals surface area contributed by atoms with Crippen LogP contribution < -0.4 is 4.72 Å². The van der Waals surface area contributed by atoms with Gasteiger partial charge in [-0.15, -0.1) is 0 Å². The molecule has 0 unspecified atom stereocenters. The zero-order chi connectivity index (χ0) is 17.0. The van der Waals surface area contributed by atoms with Crippen molar-refractivity contribution in [3.8, 4) is 0 Å². The summed E-state index contributed by atoms with van der Waals surface area (Å²) >= 11 is 5.97. The first-order valence-electron chi connectivity index (χ1n) is 6.56. The molecule has 0 amide bonds. The third kappa shape index (κ3) is 4.37. The first-order chi connectivity index (χ1) is 10.8. The zero-order valence-corrected chi connectivity index (χ0v) is 14.0. The molecule has 0 aliphatic carbocycles. The van der Waals surface area contributed by atoms with Crippen molar-refractivity contribution < 1.29 is 17.9 Å². The molecule has 0 aliphatic heterocycles. The maximum Gasteiger partial charge on any atom is 0.356 e. The first-order valence-corrected chi connectivity index (χ1v) is 8.48. The Kier molecular flexibility index (Phi) is 5.12. The molecule has 2 aromatic rings. The lowest BCUT2D eigenvalue weighted by molar-refractivity contribution is 0.0596. The lowest BCUT2D eigenvalue weighted by Gasteiger charge is -2.05. The second kappa shape index (κ2) is 6.89. The number of hydrogen-bond donors (Lipinski definition) is 2. The molecule has 1 aromatic heterocycles. The number of rotatable bonds is 5. The van der Waals surface area contributed by atoms with E-state index < -0.39 is 16.0 Å². The number of anilines is 1. The number of methoxy groups -OCH3 is 1. The number of hydrogen-bond acceptors (Lipinski definition) is 4. The number of carbonyl (C=O) groups is 1. The molecular formula is C15H15ClN2O4S. The smallest absolute Gasteiger partial charge is 0.356 e. The predicted molar refractivity (Wildman–Crippen MR) is 89.9 cm³/mol. The molecule has 23 heavy (non-hydrogen) atoms. The number of aryl methyl sites for hydroxylation is 1. The topological polar surface area (TPSA) is 88.3 Å². The Morgan fingerprint density at radius 3 is 2.70 bits per heavy atom. The van der Waals surface area contributed by atoms with E-state index in [0.717, 1.165) is 5.41 Å². The van der Waals surface area contributed by atoms with Gasteiger partial charge in [-0.1, -0.05) is 29.8 Å². The van der Waals surface area contributed by atoms with E-state index in [0.29, 0.717) is 16.3 Å². The highest BCUT2D eigenvalue weighted by Crippen LogP contribution is 2.21. The van der Waals surface area contributed by atoms with Crippen LogP contribution in [-0.2, 0) is 14.8 Å². The van der Waals surface area contributed by atoms with E-state index in [1.165, 1.54) is 19.3 Å². The largest absolute Gasteiger partial charge is 0.464 e. The van der Waals surface area contributed by atoms with Crippen LogP contribution in [0.5, 0.6) is 0 Å². The minimum absolute atomic E-state index is 0.0414. The number of sulfonamides is 1. The van der Waals surface area contributed by atoms with E-state index in [1.54, 1.807) is 31.2 Å². The fourth-order valence-corrected chi connectivity index (χ4v) is 2.95. The van der Waals surface area contributed by atoms with Gasteiger partial charge in [0.15, 0.2) is 0 Å². The van der Waals surface area contributed by atoms with Crippen molar-refractivity contribution in [3.63, 3.8) is 0 Å². The molecule has 0 spiro atoms. The van der Waals surface area contributed by atoms with Gasteiger partial charge in [0.05, 0.1) is 18.2 Å². The molecule has 0 atom stereocenters. The average molecular weight is 355 g/mol. The molecule has 1 aromatic carbocycles. The molecule has 0 aliphatic rings. The molecule has 6 nitrogen and oxygen atoms in total. The maximum absolute atomic E-state index is 12.1. The van der Waals surface area contributed by atoms with Crippen molar-refractivity contribution in [3.05, 3.63) is 57.7 Å². The van der Waals surface area contributed by atoms with Gasteiger partial charge in [0, 0.05) is 10.7 Å². The SMILES string of the molecule is COC(=O)c1[nH]c(C)cc1NS(=O)(=O)C=Cc1ccccc1Cl. The number of aromatic nitrogens is 1. The molecule has 2 N–H and O–H groups in total. The van der Waals surface area contributed by atoms with Crippen molar-refractivity contribution in [1.29, 1.82) is 0 Å². The van der Waals surface area contributed by atoms with E-state index in [9.17, 15) is 13.2 Å². The Balaban J connectivity index is 2.26. The summed E-state index contributed by atoms with van der Waals surface area (Å²) in [4.78, 5) is 14.4. The number of esters is 1. The number of H-pyrrole nitrogens is 1. The number of halogens is 1. The summed E-state index contributed by atoms with van der Waals surface area (Å²) in [5.74, 6) is -0.661. The molecule has 0 fully saturated rings. The van der Waals surface area contributed by atoms with Crippen LogP contribution in [0.2, 0.25) is 5.02 Å². The lowest BCUT2D eigenvalue weighted by atomic mass is 10.2. The molecule has 8 heteroatoms. The average Bonchev–Trinajstić information content (AvgIpc) is 2.85. The van der Waals surface area contributed by atoms with Gasteiger partial charge in [-0.25, -0.2) is 13.2 Å². The Labute approximate surface area is 139 Å². The number of carbonyl (C=O) groups excluding carboxylic acids is 1. The highest BCUT2D eigenvalue weighted by Gasteiger charge is 2.18. The second-order valence-electron chi connectivity index (χ2n) is 4.70. The van der Waals surface area contributed by atoms with E-state index in [4.69, 9.17) is 11.6 Å². The Hall–Kier alpha value is -2.25. The fourth-order valence-electron chi connectivity index (χ4n) is 1.89. The number of ether oxygens (including phenoxy) is 1. The van der Waals surface area contributed by atoms with Gasteiger partial charge in [-0.3, -0.25) is 4.72 Å². The van der Waals surface area contributed by atoms with Crippen LogP contribution in [0.3, 0.4) is 0 Å². The van der Waals surface area contributed by atoms with E-state index in [2.05, 4.69) is 14.4 Å². The number of benzene rings is 1. The highest BCUT2D eigenvalue weighted by atomic mass is 35.5. The van der Waals surface area contributed by atoms with Gasteiger partial charge >= 0.3 is 5.97 Å². The summed E-state index contributed by atoms with van der Waals surface area (Å²) in [6.45, 7) is 1.70. The fraction of sp³-hybridized carbons (Fsp3) is 0.133. The first kappa shape index (κ1) is 17.1. The van der Waals surface area contributed by atoms with Crippen molar-refractivity contribution in [2.24, 2.45) is 0 Å². The van der Waals surface area contributed by atoms with Gasteiger partial charge < -0.3 is 9.72 Å². The van der Waals surface area contributed by atoms with Gasteiger partial charge in [0.25, 0.3) is 10.0 Å². The van der Waals surface area contributed by atoms with Gasteiger partial charge in [0.2, 0.25) is 0 Å². The lowest BCUT2D eigenvalue weighted by Crippen LogP contribution is -2.12. The summed E-state index contributed by atoms with van der Waals surface area (Å²) in [5.41, 5.74) is 1.36. The van der Waals surface area contributed by atoms with Crippen LogP contribution in [0.15, 0.2) is 35.7 Å². The monoisotopic (exact) mass is 354 g/mol. The maximum atomic E-state index is 12.1. The van der Waals surface area contributed by atoms with Crippen molar-refractivity contribution in [2.45, 2.75) is 6.92 Å². The van der Waals surface area contributed by atoms with Crippen LogP contribution in [0.1, 0.15) is 21.7 Å². The van der Waals surface area contributed by atoms with Crippen LogP contribution in [0.25, 0.3) is 6.08 Å². The van der Waals surface area contributed by atoms with Crippen LogP contribution in [0, 0.1) is 6.92 Å². The van der Waals surface area contributed by atoms with E-state index in [-0.39, 0.29) is 11.4 Å². The van der Waals surface area contributed by atoms with Crippen molar-refractivity contribution >= 4 is 39.4 Å². The molecule has 0 saturated carbocycles. The van der Waals surface area contributed by atoms with Crippen molar-refractivity contribution in [1.82, 2.24) is 4.98 Å². The number of aromatic amines is 1. The summed E-state index contributed by atoms with van der Waals surface area (Å²) < 4.78 is 31.2. The van der Waals surface area contributed by atoms with Gasteiger partial charge in [-0.05, 0) is 30.7 Å². The molecule has 2 rings (SSSR count). The molecule has 0 radical (unpaired) electrons. The van der Waals surface area contributed by atoms with E-state index >= 15 is 0 Å². The van der Waals surface area contributed by atoms with E-state index in [1.807, 2.05) is 0 Å². The summed E-state index contributed by atoms with van der Waals surface area (Å²) in [6.07, 6.45) is 1.38. The van der Waals surface area contributed by atoms with Crippen LogP contribution in [-0.4, -0.2) is 26.5 Å². The van der Waals surface area contributed by atoms with Crippen molar-refractivity contribution in [2.75, 3.05) is 11.8 Å². The molecule has 1 heterocycles. The Bertz CT molecular complexity index is 856. The molecule has 0 bridgehead atoms. The minimum atomic E-state index is -3.82.